The van der Waals surface area contributed by atoms with Crippen molar-refractivity contribution in [3.63, 3.8) is 0 Å². The quantitative estimate of drug-likeness (QED) is 0.406. The van der Waals surface area contributed by atoms with Crippen molar-refractivity contribution in [2.24, 2.45) is 11.7 Å². The molecule has 0 aromatic heterocycles. The number of carbonyl (C=O) groups is 2. The number of nitrogens with two attached hydrogens (primary N) is 1. The molecule has 6 heteroatoms. The van der Waals surface area contributed by atoms with Gasteiger partial charge in [-0.1, -0.05) is 60.7 Å². The monoisotopic (exact) mass is 411 g/mol. The number of nitrogens with one attached hydrogen (secondary N) is 2. The lowest BCUT2D eigenvalue weighted by molar-refractivity contribution is -0.125. The number of benzene rings is 2. The van der Waals surface area contributed by atoms with Crippen LogP contribution in [0.4, 0.5) is 4.79 Å². The lowest BCUT2D eigenvalue weighted by Gasteiger charge is -2.21. The van der Waals surface area contributed by atoms with Crippen LogP contribution in [0.2, 0.25) is 0 Å². The minimum absolute atomic E-state index is 0.0215. The predicted octanol–water partition coefficient (Wildman–Crippen LogP) is 3.36. The zero-order valence-electron chi connectivity index (χ0n) is 17.4. The lowest BCUT2D eigenvalue weighted by atomic mass is 9.92. The Balaban J connectivity index is 1.95. The van der Waals surface area contributed by atoms with Gasteiger partial charge in [0.1, 0.15) is 0 Å². The van der Waals surface area contributed by atoms with E-state index in [0.29, 0.717) is 19.4 Å². The van der Waals surface area contributed by atoms with Gasteiger partial charge in [-0.25, -0.2) is 4.79 Å². The molecule has 2 aromatic carbocycles. The van der Waals surface area contributed by atoms with Crippen LogP contribution in [0.1, 0.15) is 36.8 Å². The number of amides is 2. The molecule has 0 aliphatic rings. The first kappa shape index (κ1) is 23.4. The highest BCUT2D eigenvalue weighted by Crippen LogP contribution is 2.17. The highest BCUT2D eigenvalue weighted by atomic mass is 16.4. The van der Waals surface area contributed by atoms with Crippen molar-refractivity contribution < 1.29 is 14.7 Å². The molecule has 1 atom stereocenters. The number of aryl methyl sites for hydroxylation is 2. The maximum Gasteiger partial charge on any atom is 0.404 e. The fourth-order valence-corrected chi connectivity index (χ4v) is 3.51. The Morgan fingerprint density at radius 2 is 1.40 bits per heavy atom. The number of hydrogen-bond donors (Lipinski definition) is 4. The van der Waals surface area contributed by atoms with E-state index in [0.717, 1.165) is 25.7 Å². The summed E-state index contributed by atoms with van der Waals surface area (Å²) in [6.07, 6.45) is 3.38. The van der Waals surface area contributed by atoms with Crippen molar-refractivity contribution in [3.8, 4) is 0 Å². The predicted molar refractivity (Wildman–Crippen MR) is 119 cm³/mol. The fourth-order valence-electron chi connectivity index (χ4n) is 3.51. The highest BCUT2D eigenvalue weighted by molar-refractivity contribution is 5.78. The normalized spacial score (nSPS) is 11.8. The van der Waals surface area contributed by atoms with Crippen LogP contribution in [0.15, 0.2) is 60.7 Å². The SMILES string of the molecule is NCCCC(CNC(=O)C(CCc1ccccc1)CCc1ccccc1)NC(=O)O. The molecule has 0 saturated carbocycles. The van der Waals surface area contributed by atoms with E-state index in [1.807, 2.05) is 36.4 Å². The molecule has 0 heterocycles. The summed E-state index contributed by atoms with van der Waals surface area (Å²) in [5.41, 5.74) is 7.96. The Morgan fingerprint density at radius 1 is 0.867 bits per heavy atom. The Morgan fingerprint density at radius 3 is 1.87 bits per heavy atom. The molecule has 0 aliphatic carbocycles. The second kappa shape index (κ2) is 13.4. The summed E-state index contributed by atoms with van der Waals surface area (Å²) in [6, 6.07) is 20.0. The molecule has 6 nitrogen and oxygen atoms in total. The average molecular weight is 412 g/mol. The van der Waals surface area contributed by atoms with Gasteiger partial charge in [0.25, 0.3) is 0 Å². The van der Waals surface area contributed by atoms with Crippen molar-refractivity contribution in [3.05, 3.63) is 71.8 Å². The third-order valence-corrected chi connectivity index (χ3v) is 5.23. The van der Waals surface area contributed by atoms with Crippen LogP contribution in [0.25, 0.3) is 0 Å². The Hall–Kier alpha value is -2.86. The van der Waals surface area contributed by atoms with E-state index in [1.54, 1.807) is 0 Å². The summed E-state index contributed by atoms with van der Waals surface area (Å²) in [5.74, 6) is -0.155. The van der Waals surface area contributed by atoms with Crippen LogP contribution in [0, 0.1) is 5.92 Å². The number of carboxylic acid groups (broad SMARTS) is 1. The average Bonchev–Trinajstić information content (AvgIpc) is 2.76. The van der Waals surface area contributed by atoms with E-state index in [4.69, 9.17) is 10.8 Å². The second-order valence-electron chi connectivity index (χ2n) is 7.57. The summed E-state index contributed by atoms with van der Waals surface area (Å²) in [6.45, 7) is 0.765. The van der Waals surface area contributed by atoms with Crippen LogP contribution >= 0.6 is 0 Å². The smallest absolute Gasteiger partial charge is 0.404 e. The Labute approximate surface area is 178 Å². The topological polar surface area (TPSA) is 104 Å². The summed E-state index contributed by atoms with van der Waals surface area (Å²) >= 11 is 0. The van der Waals surface area contributed by atoms with Gasteiger partial charge in [0, 0.05) is 18.5 Å². The molecule has 1 unspecified atom stereocenters. The van der Waals surface area contributed by atoms with Gasteiger partial charge < -0.3 is 21.5 Å². The van der Waals surface area contributed by atoms with Gasteiger partial charge in [-0.2, -0.15) is 0 Å². The number of carbonyl (C=O) groups excluding carboxylic acids is 1. The Kier molecular flexibility index (Phi) is 10.4. The molecule has 2 amide bonds. The standard InChI is InChI=1S/C24H33N3O3/c25-17-7-12-22(27-24(29)30)18-26-23(28)21(15-13-19-8-3-1-4-9-19)16-14-20-10-5-2-6-11-20/h1-6,8-11,21-22,27H,7,12-18,25H2,(H,26,28)(H,29,30). The van der Waals surface area contributed by atoms with E-state index >= 15 is 0 Å². The van der Waals surface area contributed by atoms with E-state index in [2.05, 4.69) is 34.9 Å². The molecule has 0 fully saturated rings. The largest absolute Gasteiger partial charge is 0.465 e. The molecule has 0 radical (unpaired) electrons. The van der Waals surface area contributed by atoms with Gasteiger partial charge in [-0.05, 0) is 56.2 Å². The minimum atomic E-state index is -1.09. The summed E-state index contributed by atoms with van der Waals surface area (Å²) in [7, 11) is 0. The van der Waals surface area contributed by atoms with Crippen molar-refractivity contribution in [1.29, 1.82) is 0 Å². The van der Waals surface area contributed by atoms with E-state index in [9.17, 15) is 9.59 Å². The van der Waals surface area contributed by atoms with Gasteiger partial charge in [0.05, 0.1) is 0 Å². The van der Waals surface area contributed by atoms with Gasteiger partial charge in [0.15, 0.2) is 0 Å². The van der Waals surface area contributed by atoms with E-state index in [1.165, 1.54) is 11.1 Å². The lowest BCUT2D eigenvalue weighted by Crippen LogP contribution is -2.45. The number of rotatable bonds is 13. The van der Waals surface area contributed by atoms with Crippen molar-refractivity contribution in [2.75, 3.05) is 13.1 Å². The molecule has 0 spiro atoms. The summed E-state index contributed by atoms with van der Waals surface area (Å²) in [5, 5.41) is 14.5. The third kappa shape index (κ3) is 9.09. The van der Waals surface area contributed by atoms with Gasteiger partial charge >= 0.3 is 6.09 Å². The van der Waals surface area contributed by atoms with Crippen LogP contribution < -0.4 is 16.4 Å². The first-order chi connectivity index (χ1) is 14.6. The van der Waals surface area contributed by atoms with E-state index < -0.39 is 6.09 Å². The molecule has 2 rings (SSSR count). The first-order valence-electron chi connectivity index (χ1n) is 10.6. The van der Waals surface area contributed by atoms with Crippen molar-refractivity contribution in [1.82, 2.24) is 10.6 Å². The van der Waals surface area contributed by atoms with Crippen LogP contribution in [-0.2, 0) is 17.6 Å². The molecule has 5 N–H and O–H groups in total. The highest BCUT2D eigenvalue weighted by Gasteiger charge is 2.20. The summed E-state index contributed by atoms with van der Waals surface area (Å²) < 4.78 is 0. The van der Waals surface area contributed by atoms with Crippen molar-refractivity contribution in [2.45, 2.75) is 44.6 Å². The van der Waals surface area contributed by atoms with Crippen LogP contribution in [0.5, 0.6) is 0 Å². The first-order valence-corrected chi connectivity index (χ1v) is 10.6. The van der Waals surface area contributed by atoms with Gasteiger partial charge in [-0.15, -0.1) is 0 Å². The van der Waals surface area contributed by atoms with Gasteiger partial charge in [-0.3, -0.25) is 4.79 Å². The molecule has 0 saturated heterocycles. The molecule has 162 valence electrons. The Bertz CT molecular complexity index is 709. The minimum Gasteiger partial charge on any atom is -0.465 e. The molecule has 0 aliphatic heterocycles. The molecule has 0 bridgehead atoms. The fraction of sp³-hybridized carbons (Fsp3) is 0.417. The zero-order chi connectivity index (χ0) is 21.6. The van der Waals surface area contributed by atoms with E-state index in [-0.39, 0.29) is 24.4 Å². The zero-order valence-corrected chi connectivity index (χ0v) is 17.4. The molecule has 30 heavy (non-hydrogen) atoms. The third-order valence-electron chi connectivity index (χ3n) is 5.23. The maximum absolute atomic E-state index is 12.9. The molecule has 2 aromatic rings. The van der Waals surface area contributed by atoms with Gasteiger partial charge in [0.2, 0.25) is 5.91 Å². The molecular weight excluding hydrogens is 378 g/mol. The summed E-state index contributed by atoms with van der Waals surface area (Å²) in [4.78, 5) is 24.0. The van der Waals surface area contributed by atoms with Crippen molar-refractivity contribution >= 4 is 12.0 Å². The molecular formula is C24H33N3O3. The maximum atomic E-state index is 12.9. The number of hydrogen-bond acceptors (Lipinski definition) is 3. The van der Waals surface area contributed by atoms with Crippen LogP contribution in [0.3, 0.4) is 0 Å². The van der Waals surface area contributed by atoms with Crippen LogP contribution in [-0.4, -0.2) is 36.2 Å². The second-order valence-corrected chi connectivity index (χ2v) is 7.57.